The fraction of sp³-hybridized carbons (Fsp3) is 0.346. The van der Waals surface area contributed by atoms with Gasteiger partial charge in [-0.1, -0.05) is 36.4 Å². The number of anilines is 1. The molecule has 0 bridgehead atoms. The van der Waals surface area contributed by atoms with Crippen molar-refractivity contribution in [3.63, 3.8) is 0 Å². The van der Waals surface area contributed by atoms with E-state index in [1.165, 1.54) is 12.6 Å². The number of fused-ring (bicyclic) bond motifs is 2. The lowest BCUT2D eigenvalue weighted by molar-refractivity contribution is 0.317. The third-order valence-electron chi connectivity index (χ3n) is 7.53. The number of nitrogen functional groups attached to an aromatic ring is 1. The van der Waals surface area contributed by atoms with E-state index in [-0.39, 0.29) is 11.5 Å². The fourth-order valence-corrected chi connectivity index (χ4v) is 6.29. The zero-order chi connectivity index (χ0) is 25.1. The summed E-state index contributed by atoms with van der Waals surface area (Å²) >= 11 is 0. The van der Waals surface area contributed by atoms with Gasteiger partial charge in [-0.2, -0.15) is 10.2 Å². The lowest BCUT2D eigenvalue weighted by Crippen LogP contribution is -2.37. The number of rotatable bonds is 4. The summed E-state index contributed by atoms with van der Waals surface area (Å²) in [6.45, 7) is 3.18. The Balaban J connectivity index is 1.41. The standard InChI is InChI=1S/C26H29N7O2S/c1-26(10-4-3-5-11-26)32-16-20-7-6-19(14-22(20)30-32)21-15-23(33-24(21)25(27)28-17-29-33)18-8-12-31(13-9-18)36(2,34)35/h3-7,10,14-18H,8-9,11-13H2,1-2H3,(H2,27,28,29). The molecule has 36 heavy (non-hydrogen) atoms. The molecule has 10 heteroatoms. The SMILES string of the molecule is CC1(n2cc3ccc(-c4cc(C5CCN(S(C)(=O)=O)CC5)n5ncnc(N)c45)cc3n2)C=CC=CC1. The Morgan fingerprint density at radius 2 is 1.94 bits per heavy atom. The predicted molar refractivity (Wildman–Crippen MR) is 141 cm³/mol. The largest absolute Gasteiger partial charge is 0.382 e. The average Bonchev–Trinajstić information content (AvgIpc) is 3.47. The molecule has 1 saturated heterocycles. The fourth-order valence-electron chi connectivity index (χ4n) is 5.42. The third-order valence-corrected chi connectivity index (χ3v) is 8.83. The molecule has 0 saturated carbocycles. The van der Waals surface area contributed by atoms with E-state index in [1.807, 2.05) is 9.20 Å². The monoisotopic (exact) mass is 503 g/mol. The number of nitrogens with zero attached hydrogens (tertiary/aromatic N) is 6. The van der Waals surface area contributed by atoms with Crippen LogP contribution in [-0.2, 0) is 15.6 Å². The van der Waals surface area contributed by atoms with Gasteiger partial charge in [0.15, 0.2) is 5.82 Å². The first kappa shape index (κ1) is 22.9. The molecular weight excluding hydrogens is 474 g/mol. The van der Waals surface area contributed by atoms with Crippen molar-refractivity contribution in [3.05, 3.63) is 66.8 Å². The molecule has 4 aromatic rings. The Morgan fingerprint density at radius 1 is 1.14 bits per heavy atom. The van der Waals surface area contributed by atoms with Gasteiger partial charge in [0.1, 0.15) is 11.8 Å². The van der Waals surface area contributed by atoms with Crippen LogP contribution in [0.1, 0.15) is 37.8 Å². The first-order valence-electron chi connectivity index (χ1n) is 12.1. The van der Waals surface area contributed by atoms with Gasteiger partial charge in [-0.05, 0) is 43.9 Å². The van der Waals surface area contributed by atoms with Crippen molar-refractivity contribution in [3.8, 4) is 11.1 Å². The molecule has 1 fully saturated rings. The topological polar surface area (TPSA) is 111 Å². The van der Waals surface area contributed by atoms with Crippen LogP contribution in [-0.4, -0.2) is 56.4 Å². The normalized spacial score (nSPS) is 21.6. The van der Waals surface area contributed by atoms with Gasteiger partial charge in [-0.15, -0.1) is 0 Å². The minimum atomic E-state index is -3.19. The molecule has 0 radical (unpaired) electrons. The van der Waals surface area contributed by atoms with Crippen molar-refractivity contribution in [2.24, 2.45) is 0 Å². The molecule has 1 aliphatic heterocycles. The molecule has 1 aliphatic carbocycles. The summed E-state index contributed by atoms with van der Waals surface area (Å²) in [5, 5.41) is 10.5. The average molecular weight is 504 g/mol. The van der Waals surface area contributed by atoms with Gasteiger partial charge < -0.3 is 5.73 Å². The number of hydrogen-bond donors (Lipinski definition) is 1. The van der Waals surface area contributed by atoms with Gasteiger partial charge in [0.25, 0.3) is 0 Å². The van der Waals surface area contributed by atoms with Crippen LogP contribution >= 0.6 is 0 Å². The highest BCUT2D eigenvalue weighted by molar-refractivity contribution is 7.88. The summed E-state index contributed by atoms with van der Waals surface area (Å²) < 4.78 is 29.4. The van der Waals surface area contributed by atoms with E-state index in [1.54, 1.807) is 4.31 Å². The van der Waals surface area contributed by atoms with Crippen LogP contribution in [0.4, 0.5) is 5.82 Å². The summed E-state index contributed by atoms with van der Waals surface area (Å²) in [4.78, 5) is 4.26. The number of piperidine rings is 1. The maximum absolute atomic E-state index is 12.0. The number of nitrogens with two attached hydrogens (primary N) is 1. The lowest BCUT2D eigenvalue weighted by atomic mass is 9.94. The zero-order valence-corrected chi connectivity index (χ0v) is 21.2. The summed E-state index contributed by atoms with van der Waals surface area (Å²) in [5.41, 5.74) is 10.8. The molecule has 9 nitrogen and oxygen atoms in total. The summed E-state index contributed by atoms with van der Waals surface area (Å²) in [7, 11) is -3.19. The third kappa shape index (κ3) is 3.81. The van der Waals surface area contributed by atoms with Crippen molar-refractivity contribution in [2.45, 2.75) is 37.6 Å². The van der Waals surface area contributed by atoms with Crippen molar-refractivity contribution in [1.82, 2.24) is 28.7 Å². The number of hydrogen-bond acceptors (Lipinski definition) is 6. The molecule has 0 amide bonds. The van der Waals surface area contributed by atoms with Crippen LogP contribution in [0.25, 0.3) is 27.5 Å². The van der Waals surface area contributed by atoms with E-state index in [0.29, 0.717) is 18.9 Å². The van der Waals surface area contributed by atoms with Crippen molar-refractivity contribution >= 4 is 32.3 Å². The van der Waals surface area contributed by atoms with Gasteiger partial charge >= 0.3 is 0 Å². The molecule has 2 N–H and O–H groups in total. The Bertz CT molecular complexity index is 1640. The van der Waals surface area contributed by atoms with Crippen LogP contribution in [0.3, 0.4) is 0 Å². The Morgan fingerprint density at radius 3 is 2.67 bits per heavy atom. The number of allylic oxidation sites excluding steroid dienone is 4. The summed E-state index contributed by atoms with van der Waals surface area (Å²) in [6, 6.07) is 8.41. The maximum Gasteiger partial charge on any atom is 0.211 e. The van der Waals surface area contributed by atoms with Crippen LogP contribution in [0, 0.1) is 0 Å². The van der Waals surface area contributed by atoms with Crippen molar-refractivity contribution in [2.75, 3.05) is 25.1 Å². The van der Waals surface area contributed by atoms with E-state index in [4.69, 9.17) is 10.8 Å². The van der Waals surface area contributed by atoms with E-state index in [0.717, 1.165) is 52.5 Å². The molecule has 4 heterocycles. The number of aromatic nitrogens is 5. The Kier molecular flexibility index (Phi) is 5.27. The van der Waals surface area contributed by atoms with Gasteiger partial charge in [0.2, 0.25) is 10.0 Å². The molecule has 186 valence electrons. The Hall–Kier alpha value is -3.50. The molecule has 1 aromatic carbocycles. The minimum Gasteiger partial charge on any atom is -0.382 e. The number of sulfonamides is 1. The maximum atomic E-state index is 12.0. The second-order valence-electron chi connectivity index (χ2n) is 10.0. The van der Waals surface area contributed by atoms with Crippen LogP contribution in [0.15, 0.2) is 61.1 Å². The quantitative estimate of drug-likeness (QED) is 0.455. The van der Waals surface area contributed by atoms with Gasteiger partial charge in [-0.25, -0.2) is 22.2 Å². The summed E-state index contributed by atoms with van der Waals surface area (Å²) in [5.74, 6) is 0.588. The zero-order valence-electron chi connectivity index (χ0n) is 20.4. The second-order valence-corrected chi connectivity index (χ2v) is 12.0. The Labute approximate surface area is 210 Å². The highest BCUT2D eigenvalue weighted by Crippen LogP contribution is 2.38. The highest BCUT2D eigenvalue weighted by atomic mass is 32.2. The van der Waals surface area contributed by atoms with Crippen LogP contribution < -0.4 is 5.73 Å². The van der Waals surface area contributed by atoms with Crippen molar-refractivity contribution < 1.29 is 8.42 Å². The first-order valence-corrected chi connectivity index (χ1v) is 14.0. The molecule has 1 atom stereocenters. The highest BCUT2D eigenvalue weighted by Gasteiger charge is 2.29. The van der Waals surface area contributed by atoms with Crippen LogP contribution in [0.2, 0.25) is 0 Å². The van der Waals surface area contributed by atoms with Gasteiger partial charge in [0.05, 0.1) is 17.3 Å². The number of benzene rings is 1. The second kappa shape index (κ2) is 8.28. The molecule has 2 aliphatic rings. The smallest absolute Gasteiger partial charge is 0.211 e. The van der Waals surface area contributed by atoms with E-state index < -0.39 is 10.0 Å². The first-order chi connectivity index (χ1) is 17.2. The molecule has 6 rings (SSSR count). The summed E-state index contributed by atoms with van der Waals surface area (Å²) in [6.07, 6.45) is 15.7. The van der Waals surface area contributed by atoms with Crippen LogP contribution in [0.5, 0.6) is 0 Å². The predicted octanol–water partition coefficient (Wildman–Crippen LogP) is 3.70. The van der Waals surface area contributed by atoms with Gasteiger partial charge in [0, 0.05) is 41.8 Å². The molecular formula is C26H29N7O2S. The van der Waals surface area contributed by atoms with Gasteiger partial charge in [-0.3, -0.25) is 4.68 Å². The van der Waals surface area contributed by atoms with Crippen molar-refractivity contribution in [1.29, 1.82) is 0 Å². The minimum absolute atomic E-state index is 0.174. The molecule has 0 spiro atoms. The van der Waals surface area contributed by atoms with E-state index in [9.17, 15) is 8.42 Å². The molecule has 3 aromatic heterocycles. The van der Waals surface area contributed by atoms with E-state index >= 15 is 0 Å². The lowest BCUT2D eigenvalue weighted by Gasteiger charge is -2.29. The molecule has 1 unspecified atom stereocenters. The van der Waals surface area contributed by atoms with E-state index in [2.05, 4.69) is 71.8 Å².